The zero-order valence-corrected chi connectivity index (χ0v) is 15.7. The van der Waals surface area contributed by atoms with E-state index in [0.717, 1.165) is 5.57 Å². The summed E-state index contributed by atoms with van der Waals surface area (Å²) < 4.78 is 5.23. The van der Waals surface area contributed by atoms with Crippen molar-refractivity contribution in [2.45, 2.75) is 40.5 Å². The van der Waals surface area contributed by atoms with Gasteiger partial charge in [-0.2, -0.15) is 0 Å². The summed E-state index contributed by atoms with van der Waals surface area (Å²) >= 11 is 0. The minimum Gasteiger partial charge on any atom is -0.458 e. The Bertz CT molecular complexity index is 823. The second-order valence-corrected chi connectivity index (χ2v) is 6.53. The Labute approximate surface area is 154 Å². The average molecular weight is 352 g/mol. The van der Waals surface area contributed by atoms with Crippen LogP contribution in [0.1, 0.15) is 50.9 Å². The number of hydrogen-bond donors (Lipinski definition) is 0. The fourth-order valence-corrected chi connectivity index (χ4v) is 2.80. The van der Waals surface area contributed by atoms with Crippen molar-refractivity contribution in [1.29, 1.82) is 0 Å². The molecule has 1 aliphatic carbocycles. The van der Waals surface area contributed by atoms with Crippen LogP contribution in [0.5, 0.6) is 0 Å². The number of ether oxygens (including phenoxy) is 1. The molecule has 0 bridgehead atoms. The molecule has 0 unspecified atom stereocenters. The SMILES string of the molecule is CC(=CCOC(=O)c1ccccc1)CCC1=C(C)C(=O)C(C)=C(C)C1=O. The van der Waals surface area contributed by atoms with E-state index in [1.165, 1.54) is 0 Å². The quantitative estimate of drug-likeness (QED) is 0.433. The Morgan fingerprint density at radius 1 is 0.962 bits per heavy atom. The molecule has 1 aromatic carbocycles. The van der Waals surface area contributed by atoms with Gasteiger partial charge in [0.15, 0.2) is 11.6 Å². The van der Waals surface area contributed by atoms with Crippen molar-refractivity contribution in [1.82, 2.24) is 0 Å². The first kappa shape index (κ1) is 19.6. The van der Waals surface area contributed by atoms with Gasteiger partial charge in [0.1, 0.15) is 6.61 Å². The predicted molar refractivity (Wildman–Crippen MR) is 101 cm³/mol. The van der Waals surface area contributed by atoms with Gasteiger partial charge in [0, 0.05) is 22.3 Å². The molecule has 4 nitrogen and oxygen atoms in total. The Kier molecular flexibility index (Phi) is 6.45. The molecule has 4 heteroatoms. The highest BCUT2D eigenvalue weighted by Gasteiger charge is 2.27. The fourth-order valence-electron chi connectivity index (χ4n) is 2.80. The highest BCUT2D eigenvalue weighted by molar-refractivity contribution is 6.24. The molecule has 0 fully saturated rings. The van der Waals surface area contributed by atoms with Crippen LogP contribution >= 0.6 is 0 Å². The van der Waals surface area contributed by atoms with Crippen LogP contribution in [0.4, 0.5) is 0 Å². The summed E-state index contributed by atoms with van der Waals surface area (Å²) in [6.45, 7) is 7.22. The minimum atomic E-state index is -0.363. The van der Waals surface area contributed by atoms with E-state index in [2.05, 4.69) is 0 Å². The van der Waals surface area contributed by atoms with Crippen molar-refractivity contribution >= 4 is 17.5 Å². The number of esters is 1. The molecule has 0 atom stereocenters. The van der Waals surface area contributed by atoms with Gasteiger partial charge < -0.3 is 4.74 Å². The van der Waals surface area contributed by atoms with E-state index in [1.54, 1.807) is 45.0 Å². The normalized spacial score (nSPS) is 15.6. The van der Waals surface area contributed by atoms with Crippen LogP contribution in [0.15, 0.2) is 64.3 Å². The van der Waals surface area contributed by atoms with E-state index in [0.29, 0.717) is 40.7 Å². The number of ketones is 2. The van der Waals surface area contributed by atoms with Gasteiger partial charge in [-0.3, -0.25) is 9.59 Å². The zero-order chi connectivity index (χ0) is 19.3. The molecule has 1 aromatic rings. The summed E-state index contributed by atoms with van der Waals surface area (Å²) in [5.41, 5.74) is 3.73. The van der Waals surface area contributed by atoms with Crippen molar-refractivity contribution < 1.29 is 19.1 Å². The number of benzene rings is 1. The second kappa shape index (κ2) is 8.56. The Balaban J connectivity index is 1.91. The van der Waals surface area contributed by atoms with Crippen LogP contribution < -0.4 is 0 Å². The van der Waals surface area contributed by atoms with Crippen LogP contribution in [0.2, 0.25) is 0 Å². The monoisotopic (exact) mass is 352 g/mol. The van der Waals surface area contributed by atoms with E-state index in [-0.39, 0.29) is 24.1 Å². The van der Waals surface area contributed by atoms with E-state index in [1.807, 2.05) is 19.1 Å². The van der Waals surface area contributed by atoms with Gasteiger partial charge in [-0.25, -0.2) is 4.79 Å². The van der Waals surface area contributed by atoms with E-state index >= 15 is 0 Å². The molecule has 0 N–H and O–H groups in total. The van der Waals surface area contributed by atoms with Crippen LogP contribution in [0, 0.1) is 0 Å². The molecule has 0 aromatic heterocycles. The average Bonchev–Trinajstić information content (AvgIpc) is 2.65. The first-order chi connectivity index (χ1) is 12.3. The van der Waals surface area contributed by atoms with Crippen molar-refractivity contribution in [3.63, 3.8) is 0 Å². The van der Waals surface area contributed by atoms with Crippen LogP contribution in [0.3, 0.4) is 0 Å². The maximum atomic E-state index is 12.4. The minimum absolute atomic E-state index is 0.0390. The molecular formula is C22H24O4. The predicted octanol–water partition coefficient (Wildman–Crippen LogP) is 4.37. The van der Waals surface area contributed by atoms with Crippen molar-refractivity contribution in [2.24, 2.45) is 0 Å². The summed E-state index contributed by atoms with van der Waals surface area (Å²) in [6, 6.07) is 8.82. The van der Waals surface area contributed by atoms with E-state index in [4.69, 9.17) is 4.74 Å². The molecular weight excluding hydrogens is 328 g/mol. The maximum absolute atomic E-state index is 12.4. The molecule has 0 spiro atoms. The third-order valence-electron chi connectivity index (χ3n) is 4.74. The van der Waals surface area contributed by atoms with Crippen molar-refractivity contribution in [3.05, 3.63) is 69.8 Å². The number of Topliss-reactive ketones (excluding diaryl/α,β-unsaturated/α-hetero) is 2. The van der Waals surface area contributed by atoms with Gasteiger partial charge in [0.05, 0.1) is 5.56 Å². The molecule has 0 heterocycles. The maximum Gasteiger partial charge on any atom is 0.338 e. The van der Waals surface area contributed by atoms with Gasteiger partial charge in [-0.1, -0.05) is 23.8 Å². The summed E-state index contributed by atoms with van der Waals surface area (Å²) in [7, 11) is 0. The van der Waals surface area contributed by atoms with Crippen LogP contribution in [0.25, 0.3) is 0 Å². The third-order valence-corrected chi connectivity index (χ3v) is 4.74. The summed E-state index contributed by atoms with van der Waals surface area (Å²) in [4.78, 5) is 36.5. The number of allylic oxidation sites excluding steroid dienone is 5. The Hall–Kier alpha value is -2.75. The molecule has 0 radical (unpaired) electrons. The van der Waals surface area contributed by atoms with Crippen molar-refractivity contribution in [3.8, 4) is 0 Å². The lowest BCUT2D eigenvalue weighted by Gasteiger charge is -2.18. The number of carbonyl (C=O) groups excluding carboxylic acids is 3. The standard InChI is InChI=1S/C22H24O4/c1-14(12-13-26-22(25)18-8-6-5-7-9-18)10-11-19-17(4)20(23)15(2)16(3)21(19)24/h5-9,12H,10-11,13H2,1-4H3. The van der Waals surface area contributed by atoms with Crippen LogP contribution in [-0.4, -0.2) is 24.1 Å². The van der Waals surface area contributed by atoms with Crippen molar-refractivity contribution in [2.75, 3.05) is 6.61 Å². The third kappa shape index (κ3) is 4.45. The molecule has 0 aliphatic heterocycles. The van der Waals surface area contributed by atoms with Gasteiger partial charge in [-0.05, 0) is 58.7 Å². The van der Waals surface area contributed by atoms with Gasteiger partial charge in [0.2, 0.25) is 0 Å². The topological polar surface area (TPSA) is 60.4 Å². The zero-order valence-electron chi connectivity index (χ0n) is 15.7. The summed E-state index contributed by atoms with van der Waals surface area (Å²) in [6.07, 6.45) is 2.98. The molecule has 136 valence electrons. The summed E-state index contributed by atoms with van der Waals surface area (Å²) in [5, 5.41) is 0. The molecule has 2 rings (SSSR count). The highest BCUT2D eigenvalue weighted by Crippen LogP contribution is 2.27. The van der Waals surface area contributed by atoms with Gasteiger partial charge in [-0.15, -0.1) is 0 Å². The highest BCUT2D eigenvalue weighted by atomic mass is 16.5. The molecule has 26 heavy (non-hydrogen) atoms. The Morgan fingerprint density at radius 3 is 2.23 bits per heavy atom. The molecule has 0 amide bonds. The Morgan fingerprint density at radius 2 is 1.58 bits per heavy atom. The lowest BCUT2D eigenvalue weighted by molar-refractivity contribution is -0.116. The summed E-state index contributed by atoms with van der Waals surface area (Å²) in [5.74, 6) is -0.448. The first-order valence-corrected chi connectivity index (χ1v) is 8.67. The molecule has 0 saturated heterocycles. The van der Waals surface area contributed by atoms with E-state index < -0.39 is 0 Å². The second-order valence-electron chi connectivity index (χ2n) is 6.53. The lowest BCUT2D eigenvalue weighted by atomic mass is 9.83. The molecule has 0 saturated carbocycles. The fraction of sp³-hybridized carbons (Fsp3) is 0.318. The molecule has 1 aliphatic rings. The van der Waals surface area contributed by atoms with Gasteiger partial charge >= 0.3 is 5.97 Å². The number of carbonyl (C=O) groups is 3. The smallest absolute Gasteiger partial charge is 0.338 e. The number of hydrogen-bond acceptors (Lipinski definition) is 4. The largest absolute Gasteiger partial charge is 0.458 e. The van der Waals surface area contributed by atoms with Gasteiger partial charge in [0.25, 0.3) is 0 Å². The van der Waals surface area contributed by atoms with Crippen LogP contribution in [-0.2, 0) is 14.3 Å². The van der Waals surface area contributed by atoms with E-state index in [9.17, 15) is 14.4 Å². The lowest BCUT2D eigenvalue weighted by Crippen LogP contribution is -2.20. The first-order valence-electron chi connectivity index (χ1n) is 8.67. The number of rotatable bonds is 6.